The van der Waals surface area contributed by atoms with Gasteiger partial charge in [-0.2, -0.15) is 0 Å². The highest BCUT2D eigenvalue weighted by Gasteiger charge is 2.06. The number of hydrogen-bond donors (Lipinski definition) is 2. The van der Waals surface area contributed by atoms with Gasteiger partial charge in [0.15, 0.2) is 15.8 Å². The third kappa shape index (κ3) is 8.91. The normalized spacial score (nSPS) is 11.5. The number of halogens is 1. The zero-order valence-electron chi connectivity index (χ0n) is 18.0. The number of benzene rings is 2. The van der Waals surface area contributed by atoms with Crippen LogP contribution < -0.4 is 15.5 Å². The topological polar surface area (TPSA) is 73.8 Å². The first kappa shape index (κ1) is 26.2. The van der Waals surface area contributed by atoms with E-state index < -0.39 is 9.84 Å². The van der Waals surface area contributed by atoms with Crippen LogP contribution in [0.1, 0.15) is 25.8 Å². The van der Waals surface area contributed by atoms with Crippen molar-refractivity contribution in [3.05, 3.63) is 60.2 Å². The van der Waals surface area contributed by atoms with Crippen LogP contribution in [0.5, 0.6) is 0 Å². The molecule has 6 nitrogen and oxygen atoms in total. The van der Waals surface area contributed by atoms with Crippen LogP contribution in [0.4, 0.5) is 5.69 Å². The lowest BCUT2D eigenvalue weighted by Gasteiger charge is -2.23. The number of nitrogens with one attached hydrogen (secondary N) is 2. The molecule has 0 radical (unpaired) electrons. The summed E-state index contributed by atoms with van der Waals surface area (Å²) < 4.78 is 23.1. The van der Waals surface area contributed by atoms with Gasteiger partial charge < -0.3 is 15.5 Å². The lowest BCUT2D eigenvalue weighted by Crippen LogP contribution is -2.38. The molecule has 0 atom stereocenters. The highest BCUT2D eigenvalue weighted by Crippen LogP contribution is 2.13. The average molecular weight is 545 g/mol. The maximum absolute atomic E-state index is 11.6. The number of sulfone groups is 1. The molecule has 2 aromatic carbocycles. The summed E-state index contributed by atoms with van der Waals surface area (Å²) in [5.74, 6) is 0.766. The van der Waals surface area contributed by atoms with Crippen molar-refractivity contribution in [2.45, 2.75) is 31.7 Å². The zero-order chi connectivity index (χ0) is 21.1. The molecular weight excluding hydrogens is 511 g/mol. The minimum atomic E-state index is -3.17. The summed E-state index contributed by atoms with van der Waals surface area (Å²) in [7, 11) is -3.17. The van der Waals surface area contributed by atoms with Crippen molar-refractivity contribution in [3.63, 3.8) is 0 Å². The number of nitrogens with zero attached hydrogens (tertiary/aromatic N) is 2. The summed E-state index contributed by atoms with van der Waals surface area (Å²) in [5.41, 5.74) is 2.21. The van der Waals surface area contributed by atoms with E-state index in [1.807, 2.05) is 25.1 Å². The van der Waals surface area contributed by atoms with E-state index in [1.54, 1.807) is 12.1 Å². The molecular formula is C22H33IN4O2S. The van der Waals surface area contributed by atoms with E-state index in [2.05, 4.69) is 51.7 Å². The maximum atomic E-state index is 11.6. The van der Waals surface area contributed by atoms with Crippen molar-refractivity contribution >= 4 is 45.5 Å². The van der Waals surface area contributed by atoms with Crippen molar-refractivity contribution in [3.8, 4) is 0 Å². The van der Waals surface area contributed by atoms with E-state index in [4.69, 9.17) is 0 Å². The Morgan fingerprint density at radius 2 is 1.67 bits per heavy atom. The molecule has 0 bridgehead atoms. The third-order valence-electron chi connectivity index (χ3n) is 4.52. The van der Waals surface area contributed by atoms with Gasteiger partial charge in [0, 0.05) is 38.1 Å². The molecule has 2 aromatic rings. The Labute approximate surface area is 198 Å². The molecule has 0 unspecified atom stereocenters. The van der Waals surface area contributed by atoms with E-state index in [9.17, 15) is 8.42 Å². The number of anilines is 1. The Balaban J connectivity index is 0.00000450. The molecule has 0 fully saturated rings. The SMILES string of the molecule is CCNC(=NCc1ccc(S(C)(=O)=O)cc1)NCCCN(CC)c1ccccc1.I. The maximum Gasteiger partial charge on any atom is 0.191 e. The fourth-order valence-corrected chi connectivity index (χ4v) is 3.57. The molecule has 0 aliphatic heterocycles. The molecule has 0 saturated heterocycles. The third-order valence-corrected chi connectivity index (χ3v) is 5.64. The van der Waals surface area contributed by atoms with Gasteiger partial charge in [0.05, 0.1) is 11.4 Å². The summed E-state index contributed by atoms with van der Waals surface area (Å²) in [4.78, 5) is 7.29. The Morgan fingerprint density at radius 1 is 1.00 bits per heavy atom. The van der Waals surface area contributed by atoms with Gasteiger partial charge in [-0.15, -0.1) is 24.0 Å². The zero-order valence-corrected chi connectivity index (χ0v) is 21.1. The van der Waals surface area contributed by atoms with Crippen molar-refractivity contribution in [1.29, 1.82) is 0 Å². The Bertz CT molecular complexity index is 872. The number of guanidine groups is 1. The molecule has 0 aliphatic rings. The highest BCUT2D eigenvalue weighted by molar-refractivity contribution is 14.0. The van der Waals surface area contributed by atoms with E-state index in [0.29, 0.717) is 11.4 Å². The quantitative estimate of drug-likeness (QED) is 0.207. The Morgan fingerprint density at radius 3 is 2.23 bits per heavy atom. The van der Waals surface area contributed by atoms with Crippen LogP contribution in [-0.2, 0) is 16.4 Å². The molecule has 0 spiro atoms. The second kappa shape index (κ2) is 13.5. The summed E-state index contributed by atoms with van der Waals surface area (Å²) in [6, 6.07) is 17.3. The minimum absolute atomic E-state index is 0. The van der Waals surface area contributed by atoms with Crippen molar-refractivity contribution in [2.24, 2.45) is 4.99 Å². The molecule has 8 heteroatoms. The van der Waals surface area contributed by atoms with Crippen LogP contribution in [0.2, 0.25) is 0 Å². The van der Waals surface area contributed by atoms with Gasteiger partial charge in [0.25, 0.3) is 0 Å². The first-order chi connectivity index (χ1) is 13.9. The van der Waals surface area contributed by atoms with E-state index >= 15 is 0 Å². The lowest BCUT2D eigenvalue weighted by molar-refractivity contribution is 0.602. The molecule has 2 N–H and O–H groups in total. The molecule has 0 aliphatic carbocycles. The summed E-state index contributed by atoms with van der Waals surface area (Å²) in [6.07, 6.45) is 2.21. The van der Waals surface area contributed by atoms with E-state index in [-0.39, 0.29) is 24.0 Å². The summed E-state index contributed by atoms with van der Waals surface area (Å²) in [5, 5.41) is 6.63. The number of rotatable bonds is 10. The van der Waals surface area contributed by atoms with E-state index in [0.717, 1.165) is 44.1 Å². The van der Waals surface area contributed by atoms with Crippen LogP contribution in [0, 0.1) is 0 Å². The van der Waals surface area contributed by atoms with Gasteiger partial charge in [0.2, 0.25) is 0 Å². The number of aliphatic imine (C=N–C) groups is 1. The van der Waals surface area contributed by atoms with Gasteiger partial charge >= 0.3 is 0 Å². The standard InChI is InChI=1S/C22H32N4O2S.HI/c1-4-23-22(25-18-19-12-14-21(15-13-19)29(3,27)28)24-16-9-17-26(5-2)20-10-7-6-8-11-20;/h6-8,10-15H,4-5,9,16-18H2,1-3H3,(H2,23,24,25);1H. The van der Waals surface area contributed by atoms with Crippen molar-refractivity contribution < 1.29 is 8.42 Å². The van der Waals surface area contributed by atoms with Crippen LogP contribution in [0.25, 0.3) is 0 Å². The van der Waals surface area contributed by atoms with Gasteiger partial charge in [-0.3, -0.25) is 0 Å². The Hall–Kier alpha value is -1.81. The van der Waals surface area contributed by atoms with Gasteiger partial charge in [0.1, 0.15) is 0 Å². The fourth-order valence-electron chi connectivity index (χ4n) is 2.94. The second-order valence-electron chi connectivity index (χ2n) is 6.81. The number of hydrogen-bond acceptors (Lipinski definition) is 4. The second-order valence-corrected chi connectivity index (χ2v) is 8.82. The molecule has 0 heterocycles. The van der Waals surface area contributed by atoms with E-state index in [1.165, 1.54) is 11.9 Å². The minimum Gasteiger partial charge on any atom is -0.372 e. The Kier molecular flexibility index (Phi) is 11.8. The molecule has 2 rings (SSSR count). The predicted molar refractivity (Wildman–Crippen MR) is 137 cm³/mol. The highest BCUT2D eigenvalue weighted by atomic mass is 127. The molecule has 0 saturated carbocycles. The predicted octanol–water partition coefficient (Wildman–Crippen LogP) is 3.68. The van der Waals surface area contributed by atoms with Crippen LogP contribution in [-0.4, -0.2) is 46.8 Å². The number of para-hydroxylation sites is 1. The van der Waals surface area contributed by atoms with Gasteiger partial charge in [-0.25, -0.2) is 13.4 Å². The van der Waals surface area contributed by atoms with Crippen molar-refractivity contribution in [1.82, 2.24) is 10.6 Å². The van der Waals surface area contributed by atoms with Crippen LogP contribution >= 0.6 is 24.0 Å². The van der Waals surface area contributed by atoms with Crippen LogP contribution in [0.3, 0.4) is 0 Å². The summed E-state index contributed by atoms with van der Waals surface area (Å²) >= 11 is 0. The molecule has 0 aromatic heterocycles. The monoisotopic (exact) mass is 544 g/mol. The van der Waals surface area contributed by atoms with Gasteiger partial charge in [-0.05, 0) is 50.1 Å². The van der Waals surface area contributed by atoms with Gasteiger partial charge in [-0.1, -0.05) is 30.3 Å². The fraction of sp³-hybridized carbons (Fsp3) is 0.409. The first-order valence-electron chi connectivity index (χ1n) is 10.0. The first-order valence-corrected chi connectivity index (χ1v) is 11.9. The largest absolute Gasteiger partial charge is 0.372 e. The summed E-state index contributed by atoms with van der Waals surface area (Å²) in [6.45, 7) is 8.24. The average Bonchev–Trinajstić information content (AvgIpc) is 2.72. The smallest absolute Gasteiger partial charge is 0.191 e. The molecule has 0 amide bonds. The van der Waals surface area contributed by atoms with Crippen molar-refractivity contribution in [2.75, 3.05) is 37.3 Å². The lowest BCUT2D eigenvalue weighted by atomic mass is 10.2. The van der Waals surface area contributed by atoms with Crippen LogP contribution in [0.15, 0.2) is 64.5 Å². The molecule has 166 valence electrons. The molecule has 30 heavy (non-hydrogen) atoms.